The van der Waals surface area contributed by atoms with Gasteiger partial charge in [-0.15, -0.1) is 0 Å². The lowest BCUT2D eigenvalue weighted by Crippen LogP contribution is -2.53. The first-order valence-corrected chi connectivity index (χ1v) is 14.6. The number of hydrogen-bond donors (Lipinski definition) is 2. The molecule has 0 radical (unpaired) electrons. The zero-order valence-electron chi connectivity index (χ0n) is 21.6. The number of piperidine rings is 1. The molecule has 3 amide bonds. The molecule has 1 aliphatic carbocycles. The number of nitrogens with zero attached hydrogens (tertiary/aromatic N) is 3. The van der Waals surface area contributed by atoms with Crippen molar-refractivity contribution < 1.29 is 27.6 Å². The van der Waals surface area contributed by atoms with Crippen LogP contribution in [0.1, 0.15) is 50.5 Å². The summed E-state index contributed by atoms with van der Waals surface area (Å²) >= 11 is 3.60. The first kappa shape index (κ1) is 27.0. The van der Waals surface area contributed by atoms with Gasteiger partial charge in [-0.2, -0.15) is 13.2 Å². The summed E-state index contributed by atoms with van der Waals surface area (Å²) in [6, 6.07) is 3.98. The number of alkyl halides is 3. The summed E-state index contributed by atoms with van der Waals surface area (Å²) in [6.45, 7) is 1.33. The standard InChI is InChI=1S/C27H33BrF3N5O3/c28-18-3-1-4-20-23(18)26(25(39)36(20)15-22(37)35-10-2-5-21(35)27(29,30)31)8-11-34(12-9-26)24(38)16-6-7-19-17(13-16)14-32-33-19/h1,3-4,16-17,19,21,32-33H,2,5-15H2/t16?,17?,19?,21-/m0/s1. The predicted octanol–water partition coefficient (Wildman–Crippen LogP) is 3.10. The van der Waals surface area contributed by atoms with Crippen molar-refractivity contribution in [2.75, 3.05) is 37.6 Å². The highest BCUT2D eigenvalue weighted by molar-refractivity contribution is 9.10. The van der Waals surface area contributed by atoms with E-state index in [2.05, 4.69) is 26.8 Å². The number of likely N-dealkylation sites (tertiary alicyclic amines) is 2. The summed E-state index contributed by atoms with van der Waals surface area (Å²) in [5.74, 6) is -0.382. The molecule has 2 N–H and O–H groups in total. The van der Waals surface area contributed by atoms with E-state index in [1.54, 1.807) is 12.1 Å². The maximum atomic E-state index is 14.0. The van der Waals surface area contributed by atoms with E-state index in [-0.39, 0.29) is 37.1 Å². The monoisotopic (exact) mass is 611 g/mol. The quantitative estimate of drug-likeness (QED) is 0.549. The van der Waals surface area contributed by atoms with Crippen molar-refractivity contribution in [3.63, 3.8) is 0 Å². The minimum Gasteiger partial charge on any atom is -0.342 e. The van der Waals surface area contributed by atoms with Crippen molar-refractivity contribution in [1.82, 2.24) is 20.7 Å². The first-order chi connectivity index (χ1) is 18.6. The highest BCUT2D eigenvalue weighted by atomic mass is 79.9. The van der Waals surface area contributed by atoms with Crippen LogP contribution in [-0.2, 0) is 19.8 Å². The van der Waals surface area contributed by atoms with Gasteiger partial charge in [0.2, 0.25) is 17.7 Å². The normalized spacial score (nSPS) is 30.2. The first-order valence-electron chi connectivity index (χ1n) is 13.8. The largest absolute Gasteiger partial charge is 0.408 e. The molecule has 1 spiro atoms. The van der Waals surface area contributed by atoms with E-state index in [1.165, 1.54) is 4.90 Å². The van der Waals surface area contributed by atoms with Gasteiger partial charge in [0.05, 0.1) is 5.41 Å². The SMILES string of the molecule is O=C(C1CCC2NNCC2C1)N1CCC2(CC1)C(=O)N(CC(=O)N1CCC[C@H]1C(F)(F)F)c1cccc(Br)c12. The molecule has 0 bridgehead atoms. The Morgan fingerprint density at radius 3 is 2.62 bits per heavy atom. The van der Waals surface area contributed by atoms with Crippen LogP contribution in [0, 0.1) is 11.8 Å². The number of amides is 3. The topological polar surface area (TPSA) is 85.0 Å². The number of carbonyl (C=O) groups is 3. The minimum absolute atomic E-state index is 0.0172. The minimum atomic E-state index is -4.49. The average Bonchev–Trinajstić information content (AvgIpc) is 3.64. The van der Waals surface area contributed by atoms with E-state index in [0.29, 0.717) is 43.6 Å². The number of benzene rings is 1. The third-order valence-electron chi connectivity index (χ3n) is 9.57. The zero-order valence-corrected chi connectivity index (χ0v) is 23.2. The Hall–Kier alpha value is -2.18. The summed E-state index contributed by atoms with van der Waals surface area (Å²) in [5, 5.41) is 0. The van der Waals surface area contributed by atoms with Crippen LogP contribution in [0.25, 0.3) is 0 Å². The number of anilines is 1. The number of halogens is 4. The fourth-order valence-electron chi connectivity index (χ4n) is 7.53. The maximum Gasteiger partial charge on any atom is 0.408 e. The molecule has 4 atom stereocenters. The fourth-order valence-corrected chi connectivity index (χ4v) is 8.27. The molecule has 1 saturated carbocycles. The smallest absolute Gasteiger partial charge is 0.342 e. The third kappa shape index (κ3) is 4.56. The van der Waals surface area contributed by atoms with Crippen molar-refractivity contribution in [3.8, 4) is 0 Å². The zero-order chi connectivity index (χ0) is 27.5. The van der Waals surface area contributed by atoms with Gasteiger partial charge >= 0.3 is 6.18 Å². The predicted molar refractivity (Wildman–Crippen MR) is 141 cm³/mol. The molecule has 1 aromatic rings. The number of fused-ring (bicyclic) bond motifs is 3. The van der Waals surface area contributed by atoms with Gasteiger partial charge in [0.1, 0.15) is 12.6 Å². The summed E-state index contributed by atoms with van der Waals surface area (Å²) in [5.41, 5.74) is 6.90. The second-order valence-electron chi connectivity index (χ2n) is 11.6. The van der Waals surface area contributed by atoms with E-state index in [9.17, 15) is 27.6 Å². The summed E-state index contributed by atoms with van der Waals surface area (Å²) in [4.78, 5) is 44.7. The molecule has 1 aromatic carbocycles. The summed E-state index contributed by atoms with van der Waals surface area (Å²) in [6.07, 6.45) is -0.849. The van der Waals surface area contributed by atoms with Gasteiger partial charge in [-0.05, 0) is 63.0 Å². The van der Waals surface area contributed by atoms with Crippen LogP contribution in [0.2, 0.25) is 0 Å². The third-order valence-corrected chi connectivity index (χ3v) is 10.2. The van der Waals surface area contributed by atoms with E-state index < -0.39 is 30.1 Å². The van der Waals surface area contributed by atoms with E-state index in [0.717, 1.165) is 40.7 Å². The molecule has 39 heavy (non-hydrogen) atoms. The molecule has 5 aliphatic rings. The fraction of sp³-hybridized carbons (Fsp3) is 0.667. The van der Waals surface area contributed by atoms with Crippen molar-refractivity contribution in [1.29, 1.82) is 0 Å². The van der Waals surface area contributed by atoms with Crippen LogP contribution >= 0.6 is 15.9 Å². The van der Waals surface area contributed by atoms with Crippen LogP contribution in [0.3, 0.4) is 0 Å². The van der Waals surface area contributed by atoms with E-state index in [4.69, 9.17) is 0 Å². The van der Waals surface area contributed by atoms with Crippen LogP contribution in [0.5, 0.6) is 0 Å². The van der Waals surface area contributed by atoms with Gasteiger partial charge in [-0.3, -0.25) is 25.2 Å². The second kappa shape index (κ2) is 10.0. The number of rotatable bonds is 3. The Kier molecular flexibility index (Phi) is 6.94. The van der Waals surface area contributed by atoms with Gasteiger partial charge in [0.25, 0.3) is 0 Å². The molecule has 4 aliphatic heterocycles. The van der Waals surface area contributed by atoms with Gasteiger partial charge in [0.15, 0.2) is 0 Å². The maximum absolute atomic E-state index is 14.0. The lowest BCUT2D eigenvalue weighted by atomic mass is 9.73. The molecule has 6 rings (SSSR count). The van der Waals surface area contributed by atoms with E-state index >= 15 is 0 Å². The highest BCUT2D eigenvalue weighted by Crippen LogP contribution is 2.51. The van der Waals surface area contributed by atoms with Crippen molar-refractivity contribution in [3.05, 3.63) is 28.2 Å². The molecule has 3 saturated heterocycles. The van der Waals surface area contributed by atoms with Crippen LogP contribution in [-0.4, -0.2) is 78.5 Å². The highest BCUT2D eigenvalue weighted by Gasteiger charge is 2.55. The Bertz CT molecular complexity index is 1170. The second-order valence-corrected chi connectivity index (χ2v) is 12.5. The molecule has 212 valence electrons. The van der Waals surface area contributed by atoms with Gasteiger partial charge in [0, 0.05) is 53.9 Å². The Morgan fingerprint density at radius 2 is 1.87 bits per heavy atom. The van der Waals surface area contributed by atoms with Crippen molar-refractivity contribution >= 4 is 39.3 Å². The molecular weight excluding hydrogens is 579 g/mol. The number of hydrazine groups is 1. The Morgan fingerprint density at radius 1 is 1.10 bits per heavy atom. The van der Waals surface area contributed by atoms with Crippen molar-refractivity contribution in [2.24, 2.45) is 11.8 Å². The van der Waals surface area contributed by atoms with E-state index in [1.807, 2.05) is 11.0 Å². The van der Waals surface area contributed by atoms with Crippen molar-refractivity contribution in [2.45, 2.75) is 68.6 Å². The molecule has 8 nitrogen and oxygen atoms in total. The van der Waals surface area contributed by atoms with Crippen LogP contribution < -0.4 is 15.8 Å². The summed E-state index contributed by atoms with van der Waals surface area (Å²) < 4.78 is 41.3. The summed E-state index contributed by atoms with van der Waals surface area (Å²) in [7, 11) is 0. The number of carbonyl (C=O) groups excluding carboxylic acids is 3. The molecular formula is C27H33BrF3N5O3. The average molecular weight is 612 g/mol. The lowest BCUT2D eigenvalue weighted by molar-refractivity contribution is -0.182. The van der Waals surface area contributed by atoms with Gasteiger partial charge in [-0.25, -0.2) is 0 Å². The number of nitrogens with one attached hydrogen (secondary N) is 2. The molecule has 4 heterocycles. The molecule has 12 heteroatoms. The molecule has 0 aromatic heterocycles. The van der Waals surface area contributed by atoms with Crippen LogP contribution in [0.4, 0.5) is 18.9 Å². The Labute approximate surface area is 233 Å². The molecule has 3 unspecified atom stereocenters. The van der Waals surface area contributed by atoms with Crippen LogP contribution in [0.15, 0.2) is 22.7 Å². The Balaban J connectivity index is 1.19. The van der Waals surface area contributed by atoms with Gasteiger partial charge < -0.3 is 14.7 Å². The molecule has 4 fully saturated rings. The number of hydrogen-bond acceptors (Lipinski definition) is 5. The van der Waals surface area contributed by atoms with Gasteiger partial charge in [-0.1, -0.05) is 22.0 Å². The lowest BCUT2D eigenvalue weighted by Gasteiger charge is -2.41.